The molecule has 0 aliphatic rings. The number of benzene rings is 1. The van der Waals surface area contributed by atoms with Gasteiger partial charge in [-0.15, -0.1) is 0 Å². The Labute approximate surface area is 89.5 Å². The van der Waals surface area contributed by atoms with Gasteiger partial charge in [-0.25, -0.2) is 9.18 Å². The van der Waals surface area contributed by atoms with Gasteiger partial charge in [0.15, 0.2) is 0 Å². The van der Waals surface area contributed by atoms with E-state index in [9.17, 15) is 18.0 Å². The molecule has 0 aromatic heterocycles. The van der Waals surface area contributed by atoms with Gasteiger partial charge in [-0.2, -0.15) is 8.78 Å². The number of halogens is 3. The predicted octanol–water partition coefficient (Wildman–Crippen LogP) is 2.10. The van der Waals surface area contributed by atoms with Gasteiger partial charge in [-0.1, -0.05) is 6.07 Å². The summed E-state index contributed by atoms with van der Waals surface area (Å²) in [6, 6.07) is 3.54. The minimum absolute atomic E-state index is 0.0964. The van der Waals surface area contributed by atoms with E-state index in [1.165, 1.54) is 19.2 Å². The molecular formula is C10H9F3O3. The van der Waals surface area contributed by atoms with Crippen LogP contribution in [0.4, 0.5) is 13.2 Å². The minimum Gasteiger partial charge on any atom is -0.496 e. The van der Waals surface area contributed by atoms with E-state index in [1.807, 2.05) is 0 Å². The van der Waals surface area contributed by atoms with E-state index < -0.39 is 29.7 Å². The summed E-state index contributed by atoms with van der Waals surface area (Å²) in [5.74, 6) is -7.32. The Morgan fingerprint density at radius 3 is 2.62 bits per heavy atom. The van der Waals surface area contributed by atoms with Gasteiger partial charge >= 0.3 is 11.9 Å². The summed E-state index contributed by atoms with van der Waals surface area (Å²) in [6.07, 6.45) is -1.24. The van der Waals surface area contributed by atoms with Crippen molar-refractivity contribution in [2.24, 2.45) is 0 Å². The van der Waals surface area contributed by atoms with Gasteiger partial charge in [0.25, 0.3) is 0 Å². The molecule has 0 aliphatic carbocycles. The number of methoxy groups -OCH3 is 1. The van der Waals surface area contributed by atoms with E-state index in [0.29, 0.717) is 0 Å². The van der Waals surface area contributed by atoms with Gasteiger partial charge in [0, 0.05) is 5.56 Å². The number of rotatable bonds is 4. The first-order valence-electron chi connectivity index (χ1n) is 4.31. The zero-order valence-corrected chi connectivity index (χ0v) is 8.34. The summed E-state index contributed by atoms with van der Waals surface area (Å²) >= 11 is 0. The van der Waals surface area contributed by atoms with Crippen LogP contribution >= 0.6 is 0 Å². The first-order chi connectivity index (χ1) is 7.38. The van der Waals surface area contributed by atoms with E-state index >= 15 is 0 Å². The van der Waals surface area contributed by atoms with Crippen molar-refractivity contribution in [2.75, 3.05) is 7.11 Å². The third-order valence-corrected chi connectivity index (χ3v) is 2.01. The molecule has 3 nitrogen and oxygen atoms in total. The number of hydrogen-bond donors (Lipinski definition) is 1. The molecule has 1 aromatic rings. The highest BCUT2D eigenvalue weighted by Gasteiger charge is 2.40. The Morgan fingerprint density at radius 2 is 2.12 bits per heavy atom. The van der Waals surface area contributed by atoms with Crippen LogP contribution in [0.2, 0.25) is 0 Å². The lowest BCUT2D eigenvalue weighted by Crippen LogP contribution is -2.31. The molecular weight excluding hydrogens is 225 g/mol. The number of carboxylic acid groups (broad SMARTS) is 1. The maximum Gasteiger partial charge on any atom is 0.374 e. The highest BCUT2D eigenvalue weighted by molar-refractivity contribution is 5.75. The Bertz CT molecular complexity index is 404. The molecule has 0 heterocycles. The van der Waals surface area contributed by atoms with Gasteiger partial charge in [-0.3, -0.25) is 0 Å². The second-order valence-electron chi connectivity index (χ2n) is 3.11. The molecule has 0 saturated heterocycles. The number of carboxylic acids is 1. The number of ether oxygens (including phenoxy) is 1. The van der Waals surface area contributed by atoms with Crippen molar-refractivity contribution in [3.63, 3.8) is 0 Å². The third kappa shape index (κ3) is 2.44. The molecule has 0 spiro atoms. The van der Waals surface area contributed by atoms with Crippen LogP contribution in [0.3, 0.4) is 0 Å². The van der Waals surface area contributed by atoms with E-state index in [0.717, 1.165) is 6.07 Å². The zero-order chi connectivity index (χ0) is 12.3. The van der Waals surface area contributed by atoms with Gasteiger partial charge in [0.1, 0.15) is 11.6 Å². The predicted molar refractivity (Wildman–Crippen MR) is 49.2 cm³/mol. The zero-order valence-electron chi connectivity index (χ0n) is 8.34. The molecule has 0 atom stereocenters. The van der Waals surface area contributed by atoms with Crippen molar-refractivity contribution in [3.8, 4) is 5.75 Å². The number of carbonyl (C=O) groups is 1. The average molecular weight is 234 g/mol. The number of aliphatic carboxylic acids is 1. The molecule has 0 amide bonds. The van der Waals surface area contributed by atoms with E-state index in [2.05, 4.69) is 4.74 Å². The number of hydrogen-bond acceptors (Lipinski definition) is 2. The van der Waals surface area contributed by atoms with Crippen molar-refractivity contribution < 1.29 is 27.8 Å². The van der Waals surface area contributed by atoms with Crippen molar-refractivity contribution in [2.45, 2.75) is 12.3 Å². The Morgan fingerprint density at radius 1 is 1.50 bits per heavy atom. The molecule has 0 unspecified atom stereocenters. The molecule has 0 radical (unpaired) electrons. The van der Waals surface area contributed by atoms with Gasteiger partial charge in [-0.05, 0) is 12.1 Å². The smallest absolute Gasteiger partial charge is 0.374 e. The SMILES string of the molecule is COc1cccc(F)c1CC(F)(F)C(=O)O. The summed E-state index contributed by atoms with van der Waals surface area (Å²) in [5.41, 5.74) is -0.447. The van der Waals surface area contributed by atoms with Crippen LogP contribution in [0.5, 0.6) is 5.75 Å². The molecule has 88 valence electrons. The fraction of sp³-hybridized carbons (Fsp3) is 0.300. The summed E-state index contributed by atoms with van der Waals surface area (Å²) in [4.78, 5) is 10.2. The van der Waals surface area contributed by atoms with Crippen LogP contribution in [0.15, 0.2) is 18.2 Å². The number of alkyl halides is 2. The second kappa shape index (κ2) is 4.42. The molecule has 1 N–H and O–H groups in total. The van der Waals surface area contributed by atoms with Crippen LogP contribution in [0.25, 0.3) is 0 Å². The third-order valence-electron chi connectivity index (χ3n) is 2.01. The standard InChI is InChI=1S/C10H9F3O3/c1-16-8-4-2-3-7(11)6(8)5-10(12,13)9(14)15/h2-4H,5H2,1H3,(H,14,15). The highest BCUT2D eigenvalue weighted by atomic mass is 19.3. The molecule has 0 fully saturated rings. The van der Waals surface area contributed by atoms with E-state index in [4.69, 9.17) is 5.11 Å². The molecule has 6 heteroatoms. The largest absolute Gasteiger partial charge is 0.496 e. The van der Waals surface area contributed by atoms with Crippen LogP contribution in [-0.4, -0.2) is 24.1 Å². The first-order valence-corrected chi connectivity index (χ1v) is 4.31. The van der Waals surface area contributed by atoms with Crippen molar-refractivity contribution in [1.29, 1.82) is 0 Å². The Kier molecular flexibility index (Phi) is 3.41. The lowest BCUT2D eigenvalue weighted by molar-refractivity contribution is -0.164. The second-order valence-corrected chi connectivity index (χ2v) is 3.11. The lowest BCUT2D eigenvalue weighted by Gasteiger charge is -2.14. The molecule has 1 aromatic carbocycles. The summed E-state index contributed by atoms with van der Waals surface area (Å²) < 4.78 is 43.7. The maximum absolute atomic E-state index is 13.2. The molecule has 0 aliphatic heterocycles. The quantitative estimate of drug-likeness (QED) is 0.867. The summed E-state index contributed by atoms with van der Waals surface area (Å²) in [7, 11) is 1.19. The van der Waals surface area contributed by atoms with Gasteiger partial charge in [0.2, 0.25) is 0 Å². The van der Waals surface area contributed by atoms with Crippen molar-refractivity contribution in [3.05, 3.63) is 29.6 Å². The Hall–Kier alpha value is -1.72. The van der Waals surface area contributed by atoms with Gasteiger partial charge < -0.3 is 9.84 Å². The van der Waals surface area contributed by atoms with Crippen molar-refractivity contribution in [1.82, 2.24) is 0 Å². The van der Waals surface area contributed by atoms with E-state index in [1.54, 1.807) is 0 Å². The topological polar surface area (TPSA) is 46.5 Å². The van der Waals surface area contributed by atoms with Crippen LogP contribution in [0.1, 0.15) is 5.56 Å². The maximum atomic E-state index is 13.2. The monoisotopic (exact) mass is 234 g/mol. The fourth-order valence-corrected chi connectivity index (χ4v) is 1.20. The van der Waals surface area contributed by atoms with Crippen LogP contribution < -0.4 is 4.74 Å². The molecule has 0 bridgehead atoms. The summed E-state index contributed by atoms with van der Waals surface area (Å²) in [5, 5.41) is 8.24. The lowest BCUT2D eigenvalue weighted by atomic mass is 10.1. The Balaban J connectivity index is 3.09. The summed E-state index contributed by atoms with van der Waals surface area (Å²) in [6.45, 7) is 0. The normalized spacial score (nSPS) is 11.2. The first kappa shape index (κ1) is 12.4. The molecule has 1 rings (SSSR count). The van der Waals surface area contributed by atoms with E-state index in [-0.39, 0.29) is 5.75 Å². The average Bonchev–Trinajstić information content (AvgIpc) is 2.20. The van der Waals surface area contributed by atoms with Crippen LogP contribution in [-0.2, 0) is 11.2 Å². The minimum atomic E-state index is -4.02. The van der Waals surface area contributed by atoms with Gasteiger partial charge in [0.05, 0.1) is 13.5 Å². The molecule has 16 heavy (non-hydrogen) atoms. The van der Waals surface area contributed by atoms with Crippen molar-refractivity contribution >= 4 is 5.97 Å². The van der Waals surface area contributed by atoms with Crippen LogP contribution in [0, 0.1) is 5.82 Å². The highest BCUT2D eigenvalue weighted by Crippen LogP contribution is 2.28. The molecule has 0 saturated carbocycles. The fourth-order valence-electron chi connectivity index (χ4n) is 1.20.